The second-order valence-electron chi connectivity index (χ2n) is 8.32. The monoisotopic (exact) mass is 465 g/mol. The molecule has 4 rings (SSSR count). The molecule has 0 bridgehead atoms. The van der Waals surface area contributed by atoms with Crippen LogP contribution < -0.4 is 0 Å². The van der Waals surface area contributed by atoms with Gasteiger partial charge in [0.1, 0.15) is 0 Å². The van der Waals surface area contributed by atoms with E-state index in [2.05, 4.69) is 55.0 Å². The molecule has 2 saturated carbocycles. The van der Waals surface area contributed by atoms with Gasteiger partial charge in [-0.25, -0.2) is 0 Å². The number of hydrogen-bond acceptors (Lipinski definition) is 0. The Morgan fingerprint density at radius 1 is 0.828 bits per heavy atom. The average Bonchev–Trinajstić information content (AvgIpc) is 3.31. The SMILES string of the molecule is C/C=C/[CH-]/C=C/C.C1=CC2C[CH-]C(CCC3CCC4C=CC=CC43)C2C=C1.[CH3-].[Zr+3]. The molecule has 0 saturated heterocycles. The molecule has 6 unspecified atom stereocenters. The summed E-state index contributed by atoms with van der Waals surface area (Å²) in [6.07, 6.45) is 38.4. The van der Waals surface area contributed by atoms with Crippen molar-refractivity contribution in [3.05, 3.63) is 93.2 Å². The molecule has 0 heterocycles. The molecule has 0 amide bonds. The number of rotatable bonds is 5. The van der Waals surface area contributed by atoms with Gasteiger partial charge in [0.25, 0.3) is 0 Å². The van der Waals surface area contributed by atoms with E-state index in [4.69, 9.17) is 0 Å². The van der Waals surface area contributed by atoms with Gasteiger partial charge in [0.2, 0.25) is 0 Å². The van der Waals surface area contributed by atoms with Crippen LogP contribution in [-0.2, 0) is 26.2 Å². The molecule has 0 aromatic carbocycles. The van der Waals surface area contributed by atoms with Crippen LogP contribution in [0.5, 0.6) is 0 Å². The molecule has 0 aromatic rings. The second kappa shape index (κ2) is 14.2. The molecule has 4 aliphatic rings. The van der Waals surface area contributed by atoms with Gasteiger partial charge in [0.05, 0.1) is 0 Å². The van der Waals surface area contributed by atoms with E-state index in [0.29, 0.717) is 0 Å². The summed E-state index contributed by atoms with van der Waals surface area (Å²) in [6, 6.07) is 0. The van der Waals surface area contributed by atoms with E-state index in [9.17, 15) is 0 Å². The Morgan fingerprint density at radius 3 is 2.14 bits per heavy atom. The van der Waals surface area contributed by atoms with Crippen molar-refractivity contribution in [1.29, 1.82) is 0 Å². The van der Waals surface area contributed by atoms with Gasteiger partial charge in [-0.05, 0) is 42.4 Å². The molecule has 0 aromatic heterocycles. The minimum atomic E-state index is 0. The van der Waals surface area contributed by atoms with E-state index in [0.717, 1.165) is 35.5 Å². The van der Waals surface area contributed by atoms with Gasteiger partial charge in [0, 0.05) is 0 Å². The van der Waals surface area contributed by atoms with Crippen molar-refractivity contribution < 1.29 is 26.2 Å². The summed E-state index contributed by atoms with van der Waals surface area (Å²) in [5.41, 5.74) is 0. The Labute approximate surface area is 200 Å². The molecule has 1 radical (unpaired) electrons. The predicted molar refractivity (Wildman–Crippen MR) is 125 cm³/mol. The molecule has 0 nitrogen and oxygen atoms in total. The van der Waals surface area contributed by atoms with E-state index in [-0.39, 0.29) is 33.6 Å². The summed E-state index contributed by atoms with van der Waals surface area (Å²) < 4.78 is 0. The first-order valence-corrected chi connectivity index (χ1v) is 10.9. The number of hydrogen-bond donors (Lipinski definition) is 0. The molecular weight excluding hydrogens is 428 g/mol. The van der Waals surface area contributed by atoms with Crippen LogP contribution in [0.25, 0.3) is 0 Å². The van der Waals surface area contributed by atoms with Gasteiger partial charge >= 0.3 is 26.2 Å². The average molecular weight is 467 g/mol. The summed E-state index contributed by atoms with van der Waals surface area (Å²) >= 11 is 0. The van der Waals surface area contributed by atoms with Crippen molar-refractivity contribution in [2.45, 2.75) is 46.0 Å². The summed E-state index contributed by atoms with van der Waals surface area (Å²) in [5.74, 6) is 5.08. The topological polar surface area (TPSA) is 0 Å². The van der Waals surface area contributed by atoms with Gasteiger partial charge in [-0.1, -0.05) is 75.3 Å². The van der Waals surface area contributed by atoms with Crippen LogP contribution in [0, 0.1) is 55.8 Å². The summed E-state index contributed by atoms with van der Waals surface area (Å²) in [7, 11) is 0. The smallest absolute Gasteiger partial charge is 0.358 e. The van der Waals surface area contributed by atoms with Crippen molar-refractivity contribution in [3.63, 3.8) is 0 Å². The van der Waals surface area contributed by atoms with Crippen molar-refractivity contribution in [3.8, 4) is 0 Å². The Balaban J connectivity index is 0.000000410. The van der Waals surface area contributed by atoms with Gasteiger partial charge < -0.3 is 13.8 Å². The molecular formula is C28H39Zr. The molecule has 6 atom stereocenters. The van der Waals surface area contributed by atoms with Gasteiger partial charge in [-0.15, -0.1) is 0 Å². The van der Waals surface area contributed by atoms with Crippen LogP contribution in [0.15, 0.2) is 72.9 Å². The Hall–Kier alpha value is -0.807. The minimum Gasteiger partial charge on any atom is -0.358 e. The largest absolute Gasteiger partial charge is 3.00 e. The van der Waals surface area contributed by atoms with Gasteiger partial charge in [-0.2, -0.15) is 43.1 Å². The zero-order valence-corrected chi connectivity index (χ0v) is 21.0. The maximum atomic E-state index is 2.61. The molecule has 29 heavy (non-hydrogen) atoms. The molecule has 155 valence electrons. The van der Waals surface area contributed by atoms with E-state index in [1.807, 2.05) is 44.6 Å². The molecule has 0 aliphatic heterocycles. The fourth-order valence-corrected chi connectivity index (χ4v) is 5.26. The molecule has 0 spiro atoms. The molecule has 0 N–H and O–H groups in total. The Kier molecular flexibility index (Phi) is 12.9. The minimum absolute atomic E-state index is 0. The van der Waals surface area contributed by atoms with Crippen molar-refractivity contribution >= 4 is 0 Å². The van der Waals surface area contributed by atoms with Crippen molar-refractivity contribution in [1.82, 2.24) is 0 Å². The first-order chi connectivity index (χ1) is 13.3. The zero-order chi connectivity index (χ0) is 18.9. The van der Waals surface area contributed by atoms with Crippen LogP contribution >= 0.6 is 0 Å². The Morgan fingerprint density at radius 2 is 1.45 bits per heavy atom. The van der Waals surface area contributed by atoms with Crippen LogP contribution in [0.2, 0.25) is 0 Å². The van der Waals surface area contributed by atoms with E-state index in [1.54, 1.807) is 0 Å². The summed E-state index contributed by atoms with van der Waals surface area (Å²) in [5, 5.41) is 0. The fourth-order valence-electron chi connectivity index (χ4n) is 5.26. The molecule has 1 heteroatoms. The number of fused-ring (bicyclic) bond motifs is 2. The Bertz CT molecular complexity index is 564. The summed E-state index contributed by atoms with van der Waals surface area (Å²) in [6.45, 7) is 4.00. The van der Waals surface area contributed by atoms with Crippen molar-refractivity contribution in [2.24, 2.45) is 35.5 Å². The van der Waals surface area contributed by atoms with E-state index in [1.165, 1.54) is 32.1 Å². The van der Waals surface area contributed by atoms with Gasteiger partial charge in [0.15, 0.2) is 0 Å². The molecule has 2 fully saturated rings. The number of allylic oxidation sites excluding steroid dienone is 12. The van der Waals surface area contributed by atoms with Gasteiger partial charge in [-0.3, -0.25) is 0 Å². The normalized spacial score (nSPS) is 33.6. The van der Waals surface area contributed by atoms with Crippen LogP contribution in [0.1, 0.15) is 46.0 Å². The van der Waals surface area contributed by atoms with Crippen LogP contribution in [0.3, 0.4) is 0 Å². The van der Waals surface area contributed by atoms with Crippen molar-refractivity contribution in [2.75, 3.05) is 0 Å². The maximum Gasteiger partial charge on any atom is 3.00 e. The quantitative estimate of drug-likeness (QED) is 0.361. The van der Waals surface area contributed by atoms with Crippen LogP contribution in [-0.4, -0.2) is 0 Å². The zero-order valence-electron chi connectivity index (χ0n) is 18.6. The fraction of sp³-hybridized carbons (Fsp3) is 0.464. The van der Waals surface area contributed by atoms with E-state index < -0.39 is 0 Å². The third kappa shape index (κ3) is 7.43. The first-order valence-electron chi connectivity index (χ1n) is 10.9. The predicted octanol–water partition coefficient (Wildman–Crippen LogP) is 7.91. The first kappa shape index (κ1) is 26.2. The standard InChI is InChI=1S/C20H25.C7H11.CH3.Zr/c1-3-7-19-15(5-1)9-11-17(19)13-14-18-12-10-16-6-2-4-8-20(16)18;1-3-5-7-6-4-2;;/h1-8,11,15-20H,9-10,12-14H2;3-7H,1-2H3;1H3;/q3*-1;+3/b;5-3+,6-4+;;. The molecule has 4 aliphatic carbocycles. The van der Waals surface area contributed by atoms with Crippen LogP contribution in [0.4, 0.5) is 0 Å². The van der Waals surface area contributed by atoms with E-state index >= 15 is 0 Å². The third-order valence-electron chi connectivity index (χ3n) is 6.69. The second-order valence-corrected chi connectivity index (χ2v) is 8.32. The summed E-state index contributed by atoms with van der Waals surface area (Å²) in [4.78, 5) is 0. The third-order valence-corrected chi connectivity index (χ3v) is 6.69. The maximum absolute atomic E-state index is 2.61.